The topological polar surface area (TPSA) is 106 Å². The predicted octanol–water partition coefficient (Wildman–Crippen LogP) is 4.12. The van der Waals surface area contributed by atoms with E-state index in [1.54, 1.807) is 36.4 Å². The van der Waals surface area contributed by atoms with Gasteiger partial charge in [0.15, 0.2) is 12.4 Å². The Morgan fingerprint density at radius 2 is 1.62 bits per heavy atom. The molecule has 1 aromatic heterocycles. The largest absolute Gasteiger partial charge is 0.489 e. The molecule has 1 amide bonds. The molecular formula is C26H20N4O4. The summed E-state index contributed by atoms with van der Waals surface area (Å²) in [5.74, 6) is -0.375. The standard InChI is InChI=1S/C26H20N4O4/c27-15-20-16-28-30(21-10-3-1-4-11-21)25(20)29-24(31)18-34-26(32)23-14-8-7-9-19(23)17-33-22-12-5-2-6-13-22/h1-14,16H,17-18H2,(H,29,31). The van der Waals surface area contributed by atoms with Crippen molar-refractivity contribution < 1.29 is 19.1 Å². The first-order chi connectivity index (χ1) is 16.7. The van der Waals surface area contributed by atoms with Crippen LogP contribution in [0.1, 0.15) is 21.5 Å². The minimum absolute atomic E-state index is 0.170. The van der Waals surface area contributed by atoms with Gasteiger partial charge < -0.3 is 14.8 Å². The molecule has 0 bridgehead atoms. The smallest absolute Gasteiger partial charge is 0.339 e. The van der Waals surface area contributed by atoms with E-state index in [-0.39, 0.29) is 18.0 Å². The van der Waals surface area contributed by atoms with Gasteiger partial charge in [0.2, 0.25) is 0 Å². The van der Waals surface area contributed by atoms with Crippen molar-refractivity contribution in [2.75, 3.05) is 11.9 Å². The van der Waals surface area contributed by atoms with Gasteiger partial charge in [0.1, 0.15) is 24.0 Å². The number of nitrogens with zero attached hydrogens (tertiary/aromatic N) is 3. The quantitative estimate of drug-likeness (QED) is 0.403. The summed E-state index contributed by atoms with van der Waals surface area (Å²) in [6, 6.07) is 27.2. The number of para-hydroxylation sites is 2. The van der Waals surface area contributed by atoms with Gasteiger partial charge in [-0.05, 0) is 30.3 Å². The number of rotatable bonds is 8. The molecule has 168 valence electrons. The van der Waals surface area contributed by atoms with Crippen LogP contribution in [0.25, 0.3) is 5.69 Å². The lowest BCUT2D eigenvalue weighted by Gasteiger charge is -2.12. The third kappa shape index (κ3) is 5.29. The summed E-state index contributed by atoms with van der Waals surface area (Å²) in [6.07, 6.45) is 1.36. The number of benzene rings is 3. The lowest BCUT2D eigenvalue weighted by atomic mass is 10.1. The van der Waals surface area contributed by atoms with Gasteiger partial charge in [0.05, 0.1) is 17.4 Å². The fourth-order valence-corrected chi connectivity index (χ4v) is 3.22. The second kappa shape index (κ2) is 10.6. The van der Waals surface area contributed by atoms with Gasteiger partial charge in [-0.15, -0.1) is 0 Å². The van der Waals surface area contributed by atoms with E-state index in [0.717, 1.165) is 0 Å². The molecule has 0 unspecified atom stereocenters. The Morgan fingerprint density at radius 3 is 2.35 bits per heavy atom. The van der Waals surface area contributed by atoms with E-state index in [1.165, 1.54) is 10.9 Å². The molecule has 1 N–H and O–H groups in total. The summed E-state index contributed by atoms with van der Waals surface area (Å²) >= 11 is 0. The van der Waals surface area contributed by atoms with Crippen LogP contribution in [0.2, 0.25) is 0 Å². The molecule has 0 aliphatic carbocycles. The zero-order chi connectivity index (χ0) is 23.8. The first kappa shape index (κ1) is 22.3. The molecule has 0 aliphatic rings. The minimum atomic E-state index is -0.653. The summed E-state index contributed by atoms with van der Waals surface area (Å²) in [7, 11) is 0. The molecule has 4 rings (SSSR count). The summed E-state index contributed by atoms with van der Waals surface area (Å²) in [5.41, 5.74) is 1.79. The molecule has 1 heterocycles. The van der Waals surface area contributed by atoms with Crippen molar-refractivity contribution in [3.8, 4) is 17.5 Å². The second-order valence-electron chi connectivity index (χ2n) is 7.15. The van der Waals surface area contributed by atoms with E-state index in [0.29, 0.717) is 22.6 Å². The van der Waals surface area contributed by atoms with E-state index in [1.807, 2.05) is 54.6 Å². The fourth-order valence-electron chi connectivity index (χ4n) is 3.22. The highest BCUT2D eigenvalue weighted by Crippen LogP contribution is 2.20. The Labute approximate surface area is 196 Å². The number of ether oxygens (including phenoxy) is 2. The lowest BCUT2D eigenvalue weighted by molar-refractivity contribution is -0.119. The maximum atomic E-state index is 12.7. The molecule has 0 aliphatic heterocycles. The Bertz CT molecular complexity index is 1330. The Balaban J connectivity index is 1.41. The summed E-state index contributed by atoms with van der Waals surface area (Å²) in [5, 5.41) is 16.2. The van der Waals surface area contributed by atoms with Gasteiger partial charge in [-0.3, -0.25) is 4.79 Å². The van der Waals surface area contributed by atoms with Crippen molar-refractivity contribution in [2.24, 2.45) is 0 Å². The third-order valence-electron chi connectivity index (χ3n) is 4.86. The lowest BCUT2D eigenvalue weighted by Crippen LogP contribution is -2.23. The summed E-state index contributed by atoms with van der Waals surface area (Å²) in [6.45, 7) is -0.360. The van der Waals surface area contributed by atoms with E-state index < -0.39 is 18.5 Å². The minimum Gasteiger partial charge on any atom is -0.489 e. The Hall–Kier alpha value is -4.90. The van der Waals surface area contributed by atoms with Crippen molar-refractivity contribution in [3.63, 3.8) is 0 Å². The molecule has 4 aromatic rings. The number of anilines is 1. The number of esters is 1. The maximum absolute atomic E-state index is 12.7. The molecular weight excluding hydrogens is 432 g/mol. The van der Waals surface area contributed by atoms with Gasteiger partial charge in [-0.1, -0.05) is 54.6 Å². The molecule has 0 fully saturated rings. The number of aromatic nitrogens is 2. The average molecular weight is 452 g/mol. The summed E-state index contributed by atoms with van der Waals surface area (Å²) < 4.78 is 12.4. The van der Waals surface area contributed by atoms with Crippen LogP contribution in [0.5, 0.6) is 5.75 Å². The van der Waals surface area contributed by atoms with E-state index in [4.69, 9.17) is 9.47 Å². The molecule has 8 nitrogen and oxygen atoms in total. The van der Waals surface area contributed by atoms with Gasteiger partial charge >= 0.3 is 5.97 Å². The molecule has 0 spiro atoms. The molecule has 0 saturated carbocycles. The van der Waals surface area contributed by atoms with Crippen molar-refractivity contribution in [2.45, 2.75) is 6.61 Å². The Kier molecular flexibility index (Phi) is 6.96. The van der Waals surface area contributed by atoms with Gasteiger partial charge in [0.25, 0.3) is 5.91 Å². The molecule has 0 saturated heterocycles. The predicted molar refractivity (Wildman–Crippen MR) is 124 cm³/mol. The van der Waals surface area contributed by atoms with Crippen LogP contribution in [0.4, 0.5) is 5.82 Å². The normalized spacial score (nSPS) is 10.2. The zero-order valence-electron chi connectivity index (χ0n) is 18.0. The molecule has 3 aromatic carbocycles. The average Bonchev–Trinajstić information content (AvgIpc) is 3.29. The van der Waals surface area contributed by atoms with E-state index in [9.17, 15) is 14.9 Å². The molecule has 0 radical (unpaired) electrons. The molecule has 0 atom stereocenters. The van der Waals surface area contributed by atoms with Crippen molar-refractivity contribution >= 4 is 17.7 Å². The number of carbonyl (C=O) groups is 2. The highest BCUT2D eigenvalue weighted by molar-refractivity contribution is 5.96. The number of nitriles is 1. The van der Waals surface area contributed by atoms with E-state index >= 15 is 0 Å². The van der Waals surface area contributed by atoms with Crippen LogP contribution in [-0.2, 0) is 16.1 Å². The highest BCUT2D eigenvalue weighted by Gasteiger charge is 2.18. The van der Waals surface area contributed by atoms with Crippen LogP contribution in [0.15, 0.2) is 91.1 Å². The number of carbonyl (C=O) groups excluding carboxylic acids is 2. The second-order valence-corrected chi connectivity index (χ2v) is 7.15. The zero-order valence-corrected chi connectivity index (χ0v) is 18.0. The number of nitrogens with one attached hydrogen (secondary N) is 1. The summed E-state index contributed by atoms with van der Waals surface area (Å²) in [4.78, 5) is 25.2. The maximum Gasteiger partial charge on any atom is 0.339 e. The van der Waals surface area contributed by atoms with Crippen LogP contribution in [0, 0.1) is 11.3 Å². The van der Waals surface area contributed by atoms with Crippen LogP contribution in [-0.4, -0.2) is 28.3 Å². The van der Waals surface area contributed by atoms with Crippen LogP contribution in [0.3, 0.4) is 0 Å². The first-order valence-corrected chi connectivity index (χ1v) is 10.4. The fraction of sp³-hybridized carbons (Fsp3) is 0.0769. The molecule has 8 heteroatoms. The number of hydrogen-bond donors (Lipinski definition) is 1. The van der Waals surface area contributed by atoms with Crippen LogP contribution < -0.4 is 10.1 Å². The SMILES string of the molecule is N#Cc1cnn(-c2ccccc2)c1NC(=O)COC(=O)c1ccccc1COc1ccccc1. The van der Waals surface area contributed by atoms with Crippen molar-refractivity contribution in [3.05, 3.63) is 108 Å². The molecule has 34 heavy (non-hydrogen) atoms. The third-order valence-corrected chi connectivity index (χ3v) is 4.86. The first-order valence-electron chi connectivity index (χ1n) is 10.4. The van der Waals surface area contributed by atoms with Gasteiger partial charge in [-0.25, -0.2) is 9.48 Å². The van der Waals surface area contributed by atoms with Crippen LogP contribution >= 0.6 is 0 Å². The van der Waals surface area contributed by atoms with Crippen molar-refractivity contribution in [1.82, 2.24) is 9.78 Å². The monoisotopic (exact) mass is 452 g/mol. The number of hydrogen-bond acceptors (Lipinski definition) is 6. The van der Waals surface area contributed by atoms with Gasteiger partial charge in [0, 0.05) is 5.56 Å². The van der Waals surface area contributed by atoms with E-state index in [2.05, 4.69) is 10.4 Å². The van der Waals surface area contributed by atoms with Crippen molar-refractivity contribution in [1.29, 1.82) is 5.26 Å². The number of amides is 1. The van der Waals surface area contributed by atoms with Gasteiger partial charge in [-0.2, -0.15) is 10.4 Å². The Morgan fingerprint density at radius 1 is 0.941 bits per heavy atom. The highest BCUT2D eigenvalue weighted by atomic mass is 16.5.